The van der Waals surface area contributed by atoms with Crippen LogP contribution in [0.2, 0.25) is 0 Å². The summed E-state index contributed by atoms with van der Waals surface area (Å²) in [7, 11) is 0. The largest absolute Gasteiger partial charge is 0.366 e. The number of carbonyl (C=O) groups excluding carboxylic acids is 3. The van der Waals surface area contributed by atoms with Crippen molar-refractivity contribution in [2.45, 2.75) is 6.42 Å². The normalized spacial score (nSPS) is 12.5. The van der Waals surface area contributed by atoms with Gasteiger partial charge in [-0.3, -0.25) is 14.4 Å². The summed E-state index contributed by atoms with van der Waals surface area (Å²) in [6, 6.07) is 10.3. The predicted octanol–water partition coefficient (Wildman–Crippen LogP) is 1.02. The number of hydrogen-bond donors (Lipinski definition) is 2. The van der Waals surface area contributed by atoms with Crippen LogP contribution in [0.5, 0.6) is 0 Å². The van der Waals surface area contributed by atoms with Crippen molar-refractivity contribution >= 4 is 17.6 Å². The number of carbonyl (C=O) groups is 3. The first-order valence-electron chi connectivity index (χ1n) is 6.38. The Hall–Kier alpha value is -2.95. The molecule has 5 nitrogen and oxygen atoms in total. The summed E-state index contributed by atoms with van der Waals surface area (Å²) in [5.41, 5.74) is 12.8. The third-order valence-electron chi connectivity index (χ3n) is 3.67. The lowest BCUT2D eigenvalue weighted by molar-refractivity contribution is 0.0959. The molecule has 0 spiro atoms. The van der Waals surface area contributed by atoms with Crippen LogP contribution in [0, 0.1) is 0 Å². The smallest absolute Gasteiger partial charge is 0.250 e. The molecule has 0 unspecified atom stereocenters. The van der Waals surface area contributed by atoms with E-state index in [0.717, 1.165) is 5.56 Å². The monoisotopic (exact) mass is 280 g/mol. The molecule has 0 radical (unpaired) electrons. The molecule has 0 saturated carbocycles. The van der Waals surface area contributed by atoms with Gasteiger partial charge in [0.2, 0.25) is 11.8 Å². The number of ketones is 1. The maximum atomic E-state index is 12.6. The Balaban J connectivity index is 2.32. The SMILES string of the molecule is NC(=O)c1ccc2c(c1C(N)=O)C(=O)c1ccccc1C2. The predicted molar refractivity (Wildman–Crippen MR) is 76.2 cm³/mol. The average molecular weight is 280 g/mol. The zero-order valence-corrected chi connectivity index (χ0v) is 11.1. The van der Waals surface area contributed by atoms with Crippen LogP contribution in [0.1, 0.15) is 47.8 Å². The highest BCUT2D eigenvalue weighted by Crippen LogP contribution is 2.30. The van der Waals surface area contributed by atoms with Gasteiger partial charge in [0.1, 0.15) is 0 Å². The number of amides is 2. The minimum Gasteiger partial charge on any atom is -0.366 e. The fourth-order valence-corrected chi connectivity index (χ4v) is 2.75. The van der Waals surface area contributed by atoms with Gasteiger partial charge < -0.3 is 11.5 Å². The molecule has 0 heterocycles. The quantitative estimate of drug-likeness (QED) is 0.732. The van der Waals surface area contributed by atoms with Gasteiger partial charge in [-0.15, -0.1) is 0 Å². The Labute approximate surface area is 120 Å². The van der Waals surface area contributed by atoms with Gasteiger partial charge >= 0.3 is 0 Å². The minimum atomic E-state index is -0.826. The molecule has 5 heteroatoms. The molecule has 0 bridgehead atoms. The van der Waals surface area contributed by atoms with Crippen LogP contribution >= 0.6 is 0 Å². The first-order chi connectivity index (χ1) is 10.0. The zero-order valence-electron chi connectivity index (χ0n) is 11.1. The molecule has 2 aromatic carbocycles. The van der Waals surface area contributed by atoms with Crippen molar-refractivity contribution in [3.05, 3.63) is 69.8 Å². The molecule has 2 amide bonds. The second-order valence-electron chi connectivity index (χ2n) is 4.91. The highest BCUT2D eigenvalue weighted by atomic mass is 16.2. The van der Waals surface area contributed by atoms with Crippen LogP contribution in [0.4, 0.5) is 0 Å². The summed E-state index contributed by atoms with van der Waals surface area (Å²) in [6.45, 7) is 0. The molecule has 3 rings (SSSR count). The molecule has 0 aromatic heterocycles. The summed E-state index contributed by atoms with van der Waals surface area (Å²) in [5.74, 6) is -1.91. The number of nitrogens with two attached hydrogens (primary N) is 2. The molecule has 2 aromatic rings. The van der Waals surface area contributed by atoms with E-state index in [-0.39, 0.29) is 22.5 Å². The van der Waals surface area contributed by atoms with Gasteiger partial charge in [-0.05, 0) is 23.6 Å². The first kappa shape index (κ1) is 13.1. The van der Waals surface area contributed by atoms with Crippen molar-refractivity contribution < 1.29 is 14.4 Å². The summed E-state index contributed by atoms with van der Waals surface area (Å²) in [6.07, 6.45) is 0.510. The van der Waals surface area contributed by atoms with E-state index >= 15 is 0 Å². The molecular formula is C16H12N2O3. The number of benzene rings is 2. The molecular weight excluding hydrogens is 268 g/mol. The van der Waals surface area contributed by atoms with Gasteiger partial charge in [0.15, 0.2) is 5.78 Å². The van der Waals surface area contributed by atoms with Crippen molar-refractivity contribution in [2.75, 3.05) is 0 Å². The van der Waals surface area contributed by atoms with E-state index in [4.69, 9.17) is 11.5 Å². The molecule has 0 aliphatic heterocycles. The van der Waals surface area contributed by atoms with Gasteiger partial charge in [0.25, 0.3) is 0 Å². The summed E-state index contributed by atoms with van der Waals surface area (Å²) >= 11 is 0. The second-order valence-corrected chi connectivity index (χ2v) is 4.91. The minimum absolute atomic E-state index is 0.0195. The lowest BCUT2D eigenvalue weighted by atomic mass is 9.81. The Morgan fingerprint density at radius 2 is 1.62 bits per heavy atom. The van der Waals surface area contributed by atoms with E-state index in [9.17, 15) is 14.4 Å². The van der Waals surface area contributed by atoms with Gasteiger partial charge in [0, 0.05) is 11.1 Å². The average Bonchev–Trinajstić information content (AvgIpc) is 2.46. The maximum absolute atomic E-state index is 12.6. The zero-order chi connectivity index (χ0) is 15.1. The molecule has 0 saturated heterocycles. The van der Waals surface area contributed by atoms with Crippen LogP contribution in [0.25, 0.3) is 0 Å². The van der Waals surface area contributed by atoms with Gasteiger partial charge in [-0.1, -0.05) is 30.3 Å². The molecule has 104 valence electrons. The van der Waals surface area contributed by atoms with Crippen LogP contribution in [0.15, 0.2) is 36.4 Å². The Kier molecular flexibility index (Phi) is 2.83. The van der Waals surface area contributed by atoms with Gasteiger partial charge in [-0.25, -0.2) is 0 Å². The van der Waals surface area contributed by atoms with E-state index < -0.39 is 11.8 Å². The van der Waals surface area contributed by atoms with E-state index in [0.29, 0.717) is 17.5 Å². The fourth-order valence-electron chi connectivity index (χ4n) is 2.75. The van der Waals surface area contributed by atoms with E-state index in [2.05, 4.69) is 0 Å². The summed E-state index contributed by atoms with van der Waals surface area (Å²) in [4.78, 5) is 35.8. The third-order valence-corrected chi connectivity index (χ3v) is 3.67. The number of fused-ring (bicyclic) bond motifs is 2. The number of rotatable bonds is 2. The van der Waals surface area contributed by atoms with Crippen molar-refractivity contribution in [2.24, 2.45) is 11.5 Å². The van der Waals surface area contributed by atoms with E-state index in [1.54, 1.807) is 18.2 Å². The van der Waals surface area contributed by atoms with E-state index in [1.165, 1.54) is 6.07 Å². The molecule has 0 atom stereocenters. The first-order valence-corrected chi connectivity index (χ1v) is 6.38. The summed E-state index contributed by atoms with van der Waals surface area (Å²) in [5, 5.41) is 0. The number of primary amides is 2. The van der Waals surface area contributed by atoms with Crippen LogP contribution in [0.3, 0.4) is 0 Å². The lowest BCUT2D eigenvalue weighted by Crippen LogP contribution is -2.27. The maximum Gasteiger partial charge on any atom is 0.250 e. The standard InChI is InChI=1S/C16H12N2O3/c17-15(20)11-6-5-9-7-8-3-1-2-4-10(8)14(19)12(9)13(11)16(18)21/h1-6H,7H2,(H2,17,20)(H2,18,21). The Morgan fingerprint density at radius 3 is 2.29 bits per heavy atom. The molecule has 0 fully saturated rings. The highest BCUT2D eigenvalue weighted by molar-refractivity contribution is 6.20. The Bertz CT molecular complexity index is 809. The van der Waals surface area contributed by atoms with Gasteiger partial charge in [0.05, 0.1) is 11.1 Å². The Morgan fingerprint density at radius 1 is 0.905 bits per heavy atom. The van der Waals surface area contributed by atoms with Gasteiger partial charge in [-0.2, -0.15) is 0 Å². The molecule has 4 N–H and O–H groups in total. The lowest BCUT2D eigenvalue weighted by Gasteiger charge is -2.21. The van der Waals surface area contributed by atoms with Crippen molar-refractivity contribution in [3.63, 3.8) is 0 Å². The van der Waals surface area contributed by atoms with Crippen LogP contribution in [-0.4, -0.2) is 17.6 Å². The highest BCUT2D eigenvalue weighted by Gasteiger charge is 2.30. The molecule has 21 heavy (non-hydrogen) atoms. The molecule has 1 aliphatic carbocycles. The van der Waals surface area contributed by atoms with Crippen molar-refractivity contribution in [3.8, 4) is 0 Å². The fraction of sp³-hybridized carbons (Fsp3) is 0.0625. The number of hydrogen-bond acceptors (Lipinski definition) is 3. The van der Waals surface area contributed by atoms with Crippen molar-refractivity contribution in [1.29, 1.82) is 0 Å². The van der Waals surface area contributed by atoms with Crippen LogP contribution in [-0.2, 0) is 6.42 Å². The van der Waals surface area contributed by atoms with Crippen molar-refractivity contribution in [1.82, 2.24) is 0 Å². The van der Waals surface area contributed by atoms with Crippen LogP contribution < -0.4 is 11.5 Å². The summed E-state index contributed by atoms with van der Waals surface area (Å²) < 4.78 is 0. The second kappa shape index (κ2) is 4.56. The third kappa shape index (κ3) is 1.90. The topological polar surface area (TPSA) is 103 Å². The molecule has 1 aliphatic rings. The van der Waals surface area contributed by atoms with E-state index in [1.807, 2.05) is 12.1 Å².